The lowest BCUT2D eigenvalue weighted by molar-refractivity contribution is 0.0699. The van der Waals surface area contributed by atoms with E-state index in [2.05, 4.69) is 4.98 Å². The van der Waals surface area contributed by atoms with Crippen LogP contribution >= 0.6 is 0 Å². The first-order chi connectivity index (χ1) is 9.50. The van der Waals surface area contributed by atoms with Gasteiger partial charge in [-0.15, -0.1) is 0 Å². The summed E-state index contributed by atoms with van der Waals surface area (Å²) >= 11 is 0. The van der Waals surface area contributed by atoms with Crippen LogP contribution in [0.5, 0.6) is 0 Å². The third-order valence-electron chi connectivity index (χ3n) is 3.77. The fraction of sp³-hybridized carbons (Fsp3) is 0.125. The van der Waals surface area contributed by atoms with E-state index >= 15 is 0 Å². The number of nitrogens with one attached hydrogen (secondary N) is 1. The number of aryl methyl sites for hydroxylation is 2. The van der Waals surface area contributed by atoms with Gasteiger partial charge in [0.25, 0.3) is 0 Å². The highest BCUT2D eigenvalue weighted by Gasteiger charge is 2.14. The van der Waals surface area contributed by atoms with E-state index < -0.39 is 5.97 Å². The van der Waals surface area contributed by atoms with Crippen LogP contribution in [0.25, 0.3) is 21.8 Å². The van der Waals surface area contributed by atoms with Crippen molar-refractivity contribution in [1.29, 1.82) is 0 Å². The van der Waals surface area contributed by atoms with E-state index in [9.17, 15) is 14.7 Å². The number of carboxylic acids is 1. The smallest absolute Gasteiger partial charge is 0.337 e. The van der Waals surface area contributed by atoms with Gasteiger partial charge in [-0.2, -0.15) is 0 Å². The highest BCUT2D eigenvalue weighted by molar-refractivity contribution is 6.05. The van der Waals surface area contributed by atoms with Gasteiger partial charge in [-0.3, -0.25) is 4.79 Å². The van der Waals surface area contributed by atoms with Crippen LogP contribution in [-0.2, 0) is 0 Å². The van der Waals surface area contributed by atoms with Gasteiger partial charge in [0.2, 0.25) is 0 Å². The Hall–Kier alpha value is -2.62. The molecule has 0 unspecified atom stereocenters. The van der Waals surface area contributed by atoms with Crippen molar-refractivity contribution in [3.8, 4) is 0 Å². The zero-order chi connectivity index (χ0) is 14.4. The molecular weight excluding hydrogens is 254 g/mol. The molecule has 0 amide bonds. The highest BCUT2D eigenvalue weighted by atomic mass is 16.4. The zero-order valence-corrected chi connectivity index (χ0v) is 11.2. The maximum atomic E-state index is 12.5. The first-order valence-electron chi connectivity index (χ1n) is 6.29. The molecule has 3 aromatic rings. The summed E-state index contributed by atoms with van der Waals surface area (Å²) in [4.78, 5) is 26.9. The Balaban J connectivity index is 2.62. The van der Waals surface area contributed by atoms with Crippen molar-refractivity contribution in [2.75, 3.05) is 0 Å². The van der Waals surface area contributed by atoms with Gasteiger partial charge >= 0.3 is 5.97 Å². The van der Waals surface area contributed by atoms with Crippen LogP contribution in [0.3, 0.4) is 0 Å². The Morgan fingerprint density at radius 2 is 1.75 bits per heavy atom. The molecule has 0 bridgehead atoms. The second-order valence-corrected chi connectivity index (χ2v) is 4.92. The van der Waals surface area contributed by atoms with E-state index in [0.29, 0.717) is 21.8 Å². The van der Waals surface area contributed by atoms with Crippen LogP contribution in [0.4, 0.5) is 0 Å². The summed E-state index contributed by atoms with van der Waals surface area (Å²) in [5.74, 6) is -1.05. The Bertz CT molecular complexity index is 922. The molecular formula is C16H13NO3. The Kier molecular flexibility index (Phi) is 2.61. The fourth-order valence-electron chi connectivity index (χ4n) is 2.49. The minimum Gasteiger partial charge on any atom is -0.478 e. The Morgan fingerprint density at radius 3 is 2.45 bits per heavy atom. The van der Waals surface area contributed by atoms with Crippen LogP contribution in [0, 0.1) is 13.8 Å². The lowest BCUT2D eigenvalue weighted by Gasteiger charge is -2.09. The van der Waals surface area contributed by atoms with Crippen LogP contribution < -0.4 is 5.43 Å². The fourth-order valence-corrected chi connectivity index (χ4v) is 2.49. The summed E-state index contributed by atoms with van der Waals surface area (Å²) < 4.78 is 0. The number of rotatable bonds is 1. The number of aromatic carboxylic acids is 1. The molecule has 0 aliphatic carbocycles. The van der Waals surface area contributed by atoms with Gasteiger partial charge in [0, 0.05) is 10.8 Å². The molecule has 0 atom stereocenters. The van der Waals surface area contributed by atoms with Crippen LogP contribution in [0.15, 0.2) is 35.1 Å². The molecule has 0 aliphatic rings. The number of carbonyl (C=O) groups is 1. The quantitative estimate of drug-likeness (QED) is 0.666. The summed E-state index contributed by atoms with van der Waals surface area (Å²) in [5.41, 5.74) is 3.08. The molecule has 2 aromatic carbocycles. The van der Waals surface area contributed by atoms with Crippen molar-refractivity contribution in [2.45, 2.75) is 13.8 Å². The van der Waals surface area contributed by atoms with Gasteiger partial charge in [-0.05, 0) is 43.2 Å². The summed E-state index contributed by atoms with van der Waals surface area (Å²) in [6.07, 6.45) is 0. The van der Waals surface area contributed by atoms with E-state index in [1.807, 2.05) is 19.9 Å². The molecule has 4 nitrogen and oxygen atoms in total. The molecule has 0 saturated heterocycles. The lowest BCUT2D eigenvalue weighted by atomic mass is 10.0. The molecule has 0 fully saturated rings. The standard InChI is InChI=1S/C16H13NO3/c1-8-6-7-11-13(9(8)2)17-14-10(15(11)18)4-3-5-12(14)16(19)20/h3-7H,1-2H3,(H,17,18)(H,19,20). The van der Waals surface area contributed by atoms with Crippen molar-refractivity contribution in [3.05, 3.63) is 57.2 Å². The summed E-state index contributed by atoms with van der Waals surface area (Å²) in [6, 6.07) is 8.42. The molecule has 20 heavy (non-hydrogen) atoms. The largest absolute Gasteiger partial charge is 0.478 e. The van der Waals surface area contributed by atoms with Crippen LogP contribution in [-0.4, -0.2) is 16.1 Å². The molecule has 2 N–H and O–H groups in total. The molecule has 1 heterocycles. The first-order valence-corrected chi connectivity index (χ1v) is 6.29. The number of H-pyrrole nitrogens is 1. The molecule has 4 heteroatoms. The number of pyridine rings is 1. The number of aromatic amines is 1. The highest BCUT2D eigenvalue weighted by Crippen LogP contribution is 2.22. The van der Waals surface area contributed by atoms with Gasteiger partial charge < -0.3 is 10.1 Å². The lowest BCUT2D eigenvalue weighted by Crippen LogP contribution is -2.09. The average molecular weight is 267 g/mol. The Labute approximate surface area is 114 Å². The maximum absolute atomic E-state index is 12.5. The molecule has 100 valence electrons. The number of benzene rings is 2. The van der Waals surface area contributed by atoms with E-state index in [1.54, 1.807) is 18.2 Å². The number of aromatic nitrogens is 1. The summed E-state index contributed by atoms with van der Waals surface area (Å²) in [5, 5.41) is 10.2. The van der Waals surface area contributed by atoms with E-state index in [4.69, 9.17) is 0 Å². The predicted molar refractivity (Wildman–Crippen MR) is 78.5 cm³/mol. The normalized spacial score (nSPS) is 11.1. The molecule has 1 aromatic heterocycles. The minimum atomic E-state index is -1.05. The van der Waals surface area contributed by atoms with Gasteiger partial charge in [0.1, 0.15) is 0 Å². The van der Waals surface area contributed by atoms with E-state index in [0.717, 1.165) is 11.1 Å². The van der Waals surface area contributed by atoms with Crippen molar-refractivity contribution in [1.82, 2.24) is 4.98 Å². The second kappa shape index (κ2) is 4.20. The number of fused-ring (bicyclic) bond motifs is 2. The third kappa shape index (κ3) is 1.61. The van der Waals surface area contributed by atoms with Crippen LogP contribution in [0.1, 0.15) is 21.5 Å². The topological polar surface area (TPSA) is 70.2 Å². The SMILES string of the molecule is Cc1ccc2c(=O)c3cccc(C(=O)O)c3[nH]c2c1C. The van der Waals surface area contributed by atoms with Gasteiger partial charge in [-0.1, -0.05) is 12.1 Å². The molecule has 3 rings (SSSR count). The second-order valence-electron chi connectivity index (χ2n) is 4.92. The molecule has 0 radical (unpaired) electrons. The number of hydrogen-bond donors (Lipinski definition) is 2. The van der Waals surface area contributed by atoms with Crippen molar-refractivity contribution in [2.24, 2.45) is 0 Å². The average Bonchev–Trinajstić information content (AvgIpc) is 2.43. The Morgan fingerprint density at radius 1 is 1.05 bits per heavy atom. The van der Waals surface area contributed by atoms with Gasteiger partial charge in [-0.25, -0.2) is 4.79 Å². The first kappa shape index (κ1) is 12.4. The number of hydrogen-bond acceptors (Lipinski definition) is 2. The molecule has 0 spiro atoms. The third-order valence-corrected chi connectivity index (χ3v) is 3.77. The zero-order valence-electron chi connectivity index (χ0n) is 11.2. The van der Waals surface area contributed by atoms with Gasteiger partial charge in [0.05, 0.1) is 16.6 Å². The number of carboxylic acid groups (broad SMARTS) is 1. The maximum Gasteiger partial charge on any atom is 0.337 e. The van der Waals surface area contributed by atoms with Crippen LogP contribution in [0.2, 0.25) is 0 Å². The van der Waals surface area contributed by atoms with E-state index in [-0.39, 0.29) is 11.0 Å². The predicted octanol–water partition coefficient (Wildman–Crippen LogP) is 3.00. The monoisotopic (exact) mass is 267 g/mol. The minimum absolute atomic E-state index is 0.113. The summed E-state index contributed by atoms with van der Waals surface area (Å²) in [7, 11) is 0. The van der Waals surface area contributed by atoms with Crippen molar-refractivity contribution in [3.63, 3.8) is 0 Å². The van der Waals surface area contributed by atoms with E-state index in [1.165, 1.54) is 6.07 Å². The van der Waals surface area contributed by atoms with Crippen molar-refractivity contribution >= 4 is 27.8 Å². The summed E-state index contributed by atoms with van der Waals surface area (Å²) in [6.45, 7) is 3.88. The van der Waals surface area contributed by atoms with Crippen molar-refractivity contribution < 1.29 is 9.90 Å². The van der Waals surface area contributed by atoms with Gasteiger partial charge in [0.15, 0.2) is 5.43 Å². The molecule has 0 saturated carbocycles. The molecule has 0 aliphatic heterocycles. The number of para-hydroxylation sites is 1.